The predicted octanol–water partition coefficient (Wildman–Crippen LogP) is 1.48. The number of esters is 1. The van der Waals surface area contributed by atoms with Crippen LogP contribution in [0.25, 0.3) is 0 Å². The second-order valence-corrected chi connectivity index (χ2v) is 4.54. The van der Waals surface area contributed by atoms with Gasteiger partial charge in [-0.2, -0.15) is 0 Å². The largest absolute Gasteiger partial charge is 0.493 e. The van der Waals surface area contributed by atoms with E-state index in [-0.39, 0.29) is 24.6 Å². The highest BCUT2D eigenvalue weighted by Gasteiger charge is 2.52. The second kappa shape index (κ2) is 4.91. The van der Waals surface area contributed by atoms with Crippen LogP contribution < -0.4 is 9.47 Å². The lowest BCUT2D eigenvalue weighted by Gasteiger charge is -2.38. The zero-order valence-corrected chi connectivity index (χ0v) is 11.2. The second-order valence-electron chi connectivity index (χ2n) is 4.54. The third kappa shape index (κ3) is 2.05. The van der Waals surface area contributed by atoms with Gasteiger partial charge in [-0.1, -0.05) is 6.07 Å². The number of rotatable bonds is 4. The Bertz CT molecular complexity index is 513. The van der Waals surface area contributed by atoms with E-state index in [2.05, 4.69) is 0 Å². The maximum atomic E-state index is 12.0. The standard InChI is InChI=1S/C14H16O5/c1-17-11-5-4-9(6-12(11)18-2)14(13(16)19-3)7-10(15)8-14/h4-6H,7-8H2,1-3H3. The van der Waals surface area contributed by atoms with Crippen LogP contribution >= 0.6 is 0 Å². The van der Waals surface area contributed by atoms with Gasteiger partial charge in [0.15, 0.2) is 11.5 Å². The number of ether oxygens (including phenoxy) is 3. The minimum atomic E-state index is -0.870. The molecule has 0 unspecified atom stereocenters. The lowest BCUT2D eigenvalue weighted by molar-refractivity contribution is -0.156. The van der Waals surface area contributed by atoms with Crippen molar-refractivity contribution in [3.05, 3.63) is 23.8 Å². The summed E-state index contributed by atoms with van der Waals surface area (Å²) in [7, 11) is 4.40. The molecule has 0 atom stereocenters. The molecule has 0 spiro atoms. The number of ketones is 1. The van der Waals surface area contributed by atoms with Crippen molar-refractivity contribution in [2.75, 3.05) is 21.3 Å². The van der Waals surface area contributed by atoms with Crippen molar-refractivity contribution in [3.63, 3.8) is 0 Å². The normalized spacial score (nSPS) is 16.5. The van der Waals surface area contributed by atoms with Crippen LogP contribution in [0.3, 0.4) is 0 Å². The van der Waals surface area contributed by atoms with E-state index in [0.29, 0.717) is 11.5 Å². The molecule has 1 aliphatic rings. The molecule has 1 aromatic carbocycles. The van der Waals surface area contributed by atoms with Crippen LogP contribution in [0.5, 0.6) is 11.5 Å². The smallest absolute Gasteiger partial charge is 0.317 e. The molecule has 0 aromatic heterocycles. The first kappa shape index (κ1) is 13.4. The van der Waals surface area contributed by atoms with Crippen molar-refractivity contribution in [1.29, 1.82) is 0 Å². The van der Waals surface area contributed by atoms with Gasteiger partial charge in [0.1, 0.15) is 11.2 Å². The van der Waals surface area contributed by atoms with Crippen LogP contribution in [0.4, 0.5) is 0 Å². The fraction of sp³-hybridized carbons (Fsp3) is 0.429. The third-order valence-corrected chi connectivity index (χ3v) is 3.51. The summed E-state index contributed by atoms with van der Waals surface area (Å²) < 4.78 is 15.2. The molecule has 5 nitrogen and oxygen atoms in total. The maximum absolute atomic E-state index is 12.0. The average molecular weight is 264 g/mol. The molecule has 0 aliphatic heterocycles. The molecule has 0 N–H and O–H groups in total. The molecule has 1 saturated carbocycles. The molecule has 19 heavy (non-hydrogen) atoms. The molecule has 1 aromatic rings. The molecule has 102 valence electrons. The predicted molar refractivity (Wildman–Crippen MR) is 67.5 cm³/mol. The van der Waals surface area contributed by atoms with E-state index in [1.165, 1.54) is 14.2 Å². The molecule has 1 aliphatic carbocycles. The lowest BCUT2D eigenvalue weighted by Crippen LogP contribution is -2.48. The highest BCUT2D eigenvalue weighted by molar-refractivity contribution is 6.02. The third-order valence-electron chi connectivity index (χ3n) is 3.51. The first-order chi connectivity index (χ1) is 9.07. The lowest BCUT2D eigenvalue weighted by atomic mass is 9.63. The number of benzene rings is 1. The van der Waals surface area contributed by atoms with Crippen molar-refractivity contribution in [1.82, 2.24) is 0 Å². The van der Waals surface area contributed by atoms with Crippen LogP contribution in [0.2, 0.25) is 0 Å². The maximum Gasteiger partial charge on any atom is 0.317 e. The highest BCUT2D eigenvalue weighted by atomic mass is 16.5. The van der Waals surface area contributed by atoms with Gasteiger partial charge in [-0.05, 0) is 17.7 Å². The first-order valence-corrected chi connectivity index (χ1v) is 5.90. The highest BCUT2D eigenvalue weighted by Crippen LogP contribution is 2.44. The molecule has 1 fully saturated rings. The van der Waals surface area contributed by atoms with Gasteiger partial charge in [-0.3, -0.25) is 9.59 Å². The zero-order chi connectivity index (χ0) is 14.0. The summed E-state index contributed by atoms with van der Waals surface area (Å²) in [5.41, 5.74) is -0.151. The Morgan fingerprint density at radius 2 is 1.74 bits per heavy atom. The molecular formula is C14H16O5. The van der Waals surface area contributed by atoms with Crippen LogP contribution in [0, 0.1) is 0 Å². The number of carbonyl (C=O) groups is 2. The van der Waals surface area contributed by atoms with Crippen LogP contribution in [0.15, 0.2) is 18.2 Å². The molecule has 0 radical (unpaired) electrons. The summed E-state index contributed by atoms with van der Waals surface area (Å²) >= 11 is 0. The van der Waals surface area contributed by atoms with Crippen LogP contribution in [0.1, 0.15) is 18.4 Å². The summed E-state index contributed by atoms with van der Waals surface area (Å²) in [5, 5.41) is 0. The Hall–Kier alpha value is -2.04. The average Bonchev–Trinajstić information content (AvgIpc) is 2.41. The van der Waals surface area contributed by atoms with Gasteiger partial charge in [0.25, 0.3) is 0 Å². The number of hydrogen-bond donors (Lipinski definition) is 0. The number of hydrogen-bond acceptors (Lipinski definition) is 5. The topological polar surface area (TPSA) is 61.8 Å². The van der Waals surface area contributed by atoms with Gasteiger partial charge in [0.05, 0.1) is 21.3 Å². The zero-order valence-electron chi connectivity index (χ0n) is 11.2. The Morgan fingerprint density at radius 1 is 1.11 bits per heavy atom. The fourth-order valence-electron chi connectivity index (χ4n) is 2.42. The Kier molecular flexibility index (Phi) is 3.46. The van der Waals surface area contributed by atoms with Crippen molar-refractivity contribution >= 4 is 11.8 Å². The van der Waals surface area contributed by atoms with Gasteiger partial charge in [-0.15, -0.1) is 0 Å². The molecule has 0 bridgehead atoms. The van der Waals surface area contributed by atoms with Gasteiger partial charge < -0.3 is 14.2 Å². The fourth-order valence-corrected chi connectivity index (χ4v) is 2.42. The minimum absolute atomic E-state index is 0.0557. The van der Waals surface area contributed by atoms with Crippen molar-refractivity contribution in [2.45, 2.75) is 18.3 Å². The van der Waals surface area contributed by atoms with E-state index >= 15 is 0 Å². The van der Waals surface area contributed by atoms with Crippen molar-refractivity contribution < 1.29 is 23.8 Å². The summed E-state index contributed by atoms with van der Waals surface area (Å²) in [6, 6.07) is 5.22. The van der Waals surface area contributed by atoms with E-state index in [0.717, 1.165) is 5.56 Å². The summed E-state index contributed by atoms with van der Waals surface area (Å²) in [6.07, 6.45) is 0.352. The Labute approximate surface area is 111 Å². The molecular weight excluding hydrogens is 248 g/mol. The van der Waals surface area contributed by atoms with Crippen molar-refractivity contribution in [3.8, 4) is 11.5 Å². The quantitative estimate of drug-likeness (QED) is 0.771. The molecule has 5 heteroatoms. The van der Waals surface area contributed by atoms with Gasteiger partial charge in [0, 0.05) is 12.8 Å². The monoisotopic (exact) mass is 264 g/mol. The number of Topliss-reactive ketones (excluding diaryl/α,β-unsaturated/α-hetero) is 1. The van der Waals surface area contributed by atoms with Gasteiger partial charge >= 0.3 is 5.97 Å². The molecule has 2 rings (SSSR count). The minimum Gasteiger partial charge on any atom is -0.493 e. The Morgan fingerprint density at radius 3 is 2.21 bits per heavy atom. The molecule has 0 saturated heterocycles. The number of methoxy groups -OCH3 is 3. The first-order valence-electron chi connectivity index (χ1n) is 5.90. The van der Waals surface area contributed by atoms with E-state index in [4.69, 9.17) is 14.2 Å². The van der Waals surface area contributed by atoms with E-state index in [1.54, 1.807) is 25.3 Å². The van der Waals surface area contributed by atoms with E-state index in [9.17, 15) is 9.59 Å². The van der Waals surface area contributed by atoms with Gasteiger partial charge in [0.2, 0.25) is 0 Å². The van der Waals surface area contributed by atoms with Crippen LogP contribution in [-0.2, 0) is 19.7 Å². The number of carbonyl (C=O) groups excluding carboxylic acids is 2. The van der Waals surface area contributed by atoms with E-state index in [1.807, 2.05) is 0 Å². The summed E-state index contributed by atoms with van der Waals surface area (Å²) in [6.45, 7) is 0. The summed E-state index contributed by atoms with van der Waals surface area (Å²) in [5.74, 6) is 0.777. The molecule has 0 amide bonds. The van der Waals surface area contributed by atoms with Crippen LogP contribution in [-0.4, -0.2) is 33.1 Å². The van der Waals surface area contributed by atoms with Gasteiger partial charge in [-0.25, -0.2) is 0 Å². The van der Waals surface area contributed by atoms with E-state index < -0.39 is 5.41 Å². The Balaban J connectivity index is 2.44. The summed E-state index contributed by atoms with van der Waals surface area (Å²) in [4.78, 5) is 23.3. The van der Waals surface area contributed by atoms with Crippen molar-refractivity contribution in [2.24, 2.45) is 0 Å². The molecule has 0 heterocycles. The SMILES string of the molecule is COC(=O)C1(c2ccc(OC)c(OC)c2)CC(=O)C1.